The lowest BCUT2D eigenvalue weighted by Gasteiger charge is -2.35. The summed E-state index contributed by atoms with van der Waals surface area (Å²) < 4.78 is 29.4. The van der Waals surface area contributed by atoms with E-state index in [4.69, 9.17) is 0 Å². The maximum atomic E-state index is 12.5. The molecule has 0 saturated carbocycles. The topological polar surface area (TPSA) is 61.4 Å². The largest absolute Gasteiger partial charge is 0.313 e. The highest BCUT2D eigenvalue weighted by atomic mass is 32.2. The lowest BCUT2D eigenvalue weighted by atomic mass is 10.0. The number of nitrogens with zero attached hydrogens (tertiary/aromatic N) is 1. The molecular weight excluding hydrogens is 306 g/mol. The van der Waals surface area contributed by atoms with E-state index in [1.807, 2.05) is 17.5 Å². The average molecular weight is 332 g/mol. The lowest BCUT2D eigenvalue weighted by Crippen LogP contribution is -2.52. The number of thiophene rings is 1. The number of rotatable bonds is 7. The van der Waals surface area contributed by atoms with Gasteiger partial charge in [0.05, 0.1) is 0 Å². The van der Waals surface area contributed by atoms with Gasteiger partial charge in [-0.2, -0.15) is 17.4 Å². The Kier molecular flexibility index (Phi) is 6.19. The summed E-state index contributed by atoms with van der Waals surface area (Å²) in [5, 5.41) is 5.31. The summed E-state index contributed by atoms with van der Waals surface area (Å²) in [6.07, 6.45) is 2.97. The molecule has 0 bridgehead atoms. The Morgan fingerprint density at radius 3 is 2.90 bits per heavy atom. The van der Waals surface area contributed by atoms with Crippen LogP contribution in [0.25, 0.3) is 0 Å². The van der Waals surface area contributed by atoms with Crippen LogP contribution >= 0.6 is 11.3 Å². The second kappa shape index (κ2) is 7.69. The van der Waals surface area contributed by atoms with Crippen molar-refractivity contribution in [2.45, 2.75) is 51.7 Å². The average Bonchev–Trinajstić information content (AvgIpc) is 2.97. The zero-order valence-electron chi connectivity index (χ0n) is 12.7. The Morgan fingerprint density at radius 2 is 2.24 bits per heavy atom. The van der Waals surface area contributed by atoms with Crippen LogP contribution in [-0.4, -0.2) is 37.9 Å². The molecule has 1 atom stereocenters. The zero-order valence-corrected chi connectivity index (χ0v) is 14.3. The minimum Gasteiger partial charge on any atom is -0.313 e. The van der Waals surface area contributed by atoms with Crippen LogP contribution in [0.3, 0.4) is 0 Å². The van der Waals surface area contributed by atoms with Gasteiger partial charge in [-0.05, 0) is 24.3 Å². The maximum absolute atomic E-state index is 12.5. The fourth-order valence-corrected chi connectivity index (χ4v) is 4.71. The molecule has 1 aromatic heterocycles. The van der Waals surface area contributed by atoms with Crippen LogP contribution in [0.2, 0.25) is 0 Å². The Labute approximate surface area is 131 Å². The molecule has 1 saturated heterocycles. The highest BCUT2D eigenvalue weighted by Gasteiger charge is 2.31. The van der Waals surface area contributed by atoms with Gasteiger partial charge in [-0.1, -0.05) is 26.3 Å². The summed E-state index contributed by atoms with van der Waals surface area (Å²) >= 11 is 1.57. The third-order valence-electron chi connectivity index (χ3n) is 3.65. The molecule has 0 aromatic carbocycles. The normalized spacial score (nSPS) is 21.0. The summed E-state index contributed by atoms with van der Waals surface area (Å²) in [7, 11) is -3.41. The summed E-state index contributed by atoms with van der Waals surface area (Å²) in [5.41, 5.74) is 0. The Morgan fingerprint density at radius 1 is 1.43 bits per heavy atom. The van der Waals surface area contributed by atoms with E-state index in [9.17, 15) is 8.42 Å². The van der Waals surface area contributed by atoms with Crippen LogP contribution in [0.15, 0.2) is 17.5 Å². The van der Waals surface area contributed by atoms with Gasteiger partial charge >= 0.3 is 0 Å². The maximum Gasteiger partial charge on any atom is 0.280 e. The van der Waals surface area contributed by atoms with E-state index < -0.39 is 10.2 Å². The van der Waals surface area contributed by atoms with E-state index in [0.29, 0.717) is 19.1 Å². The molecule has 0 amide bonds. The molecule has 0 radical (unpaired) electrons. The number of nitrogens with one attached hydrogen (secondary N) is 2. The lowest BCUT2D eigenvalue weighted by molar-refractivity contribution is 0.239. The van der Waals surface area contributed by atoms with Crippen molar-refractivity contribution >= 4 is 21.5 Å². The van der Waals surface area contributed by atoms with Crippen molar-refractivity contribution in [2.75, 3.05) is 13.1 Å². The number of piperidine rings is 1. The quantitative estimate of drug-likeness (QED) is 0.802. The van der Waals surface area contributed by atoms with Gasteiger partial charge < -0.3 is 5.32 Å². The van der Waals surface area contributed by atoms with Crippen molar-refractivity contribution < 1.29 is 8.42 Å². The minimum atomic E-state index is -3.41. The predicted molar refractivity (Wildman–Crippen MR) is 87.6 cm³/mol. The SMILES string of the molecule is CC(C)NCC1CCCCN1S(=O)(=O)NCc1cccs1. The number of hydrogen-bond donors (Lipinski definition) is 2. The molecule has 2 heterocycles. The van der Waals surface area contributed by atoms with Crippen molar-refractivity contribution in [3.05, 3.63) is 22.4 Å². The highest BCUT2D eigenvalue weighted by Crippen LogP contribution is 2.20. The van der Waals surface area contributed by atoms with E-state index in [-0.39, 0.29) is 6.04 Å². The van der Waals surface area contributed by atoms with Crippen LogP contribution in [0, 0.1) is 0 Å². The molecule has 0 aliphatic carbocycles. The standard InChI is InChI=1S/C14H25N3O2S2/c1-12(2)15-10-13-6-3-4-8-17(13)21(18,19)16-11-14-7-5-9-20-14/h5,7,9,12-13,15-16H,3-4,6,8,10-11H2,1-2H3. The van der Waals surface area contributed by atoms with Gasteiger partial charge in [0, 0.05) is 36.6 Å². The molecule has 120 valence electrons. The van der Waals surface area contributed by atoms with Crippen LogP contribution < -0.4 is 10.0 Å². The Bertz CT molecular complexity index is 514. The molecule has 21 heavy (non-hydrogen) atoms. The van der Waals surface area contributed by atoms with Crippen LogP contribution in [-0.2, 0) is 16.8 Å². The van der Waals surface area contributed by atoms with Gasteiger partial charge in [-0.25, -0.2) is 0 Å². The first-order valence-electron chi connectivity index (χ1n) is 7.51. The van der Waals surface area contributed by atoms with Crippen molar-refractivity contribution in [1.29, 1.82) is 0 Å². The second-order valence-electron chi connectivity index (χ2n) is 5.73. The third-order valence-corrected chi connectivity index (χ3v) is 6.14. The molecule has 0 spiro atoms. The van der Waals surface area contributed by atoms with E-state index in [0.717, 1.165) is 30.7 Å². The van der Waals surface area contributed by atoms with E-state index in [2.05, 4.69) is 23.9 Å². The van der Waals surface area contributed by atoms with Crippen LogP contribution in [0.5, 0.6) is 0 Å². The molecule has 1 aliphatic heterocycles. The monoisotopic (exact) mass is 331 g/mol. The van der Waals surface area contributed by atoms with Crippen molar-refractivity contribution in [3.63, 3.8) is 0 Å². The number of hydrogen-bond acceptors (Lipinski definition) is 4. The molecule has 1 fully saturated rings. The van der Waals surface area contributed by atoms with Crippen molar-refractivity contribution in [1.82, 2.24) is 14.3 Å². The molecule has 1 aromatic rings. The second-order valence-corrected chi connectivity index (χ2v) is 8.47. The highest BCUT2D eigenvalue weighted by molar-refractivity contribution is 7.87. The van der Waals surface area contributed by atoms with E-state index in [1.54, 1.807) is 15.6 Å². The van der Waals surface area contributed by atoms with Gasteiger partial charge in [0.2, 0.25) is 0 Å². The Balaban J connectivity index is 1.97. The summed E-state index contributed by atoms with van der Waals surface area (Å²) in [6.45, 7) is 5.87. The smallest absolute Gasteiger partial charge is 0.280 e. The van der Waals surface area contributed by atoms with E-state index in [1.165, 1.54) is 0 Å². The molecule has 5 nitrogen and oxygen atoms in total. The van der Waals surface area contributed by atoms with Crippen molar-refractivity contribution in [3.8, 4) is 0 Å². The van der Waals surface area contributed by atoms with Crippen LogP contribution in [0.4, 0.5) is 0 Å². The summed E-state index contributed by atoms with van der Waals surface area (Å²) in [6, 6.07) is 4.31. The first kappa shape index (κ1) is 16.9. The summed E-state index contributed by atoms with van der Waals surface area (Å²) in [4.78, 5) is 1.03. The minimum absolute atomic E-state index is 0.0574. The van der Waals surface area contributed by atoms with Crippen molar-refractivity contribution in [2.24, 2.45) is 0 Å². The molecule has 2 rings (SSSR count). The predicted octanol–water partition coefficient (Wildman–Crippen LogP) is 1.94. The molecule has 7 heteroatoms. The van der Waals surface area contributed by atoms with Gasteiger partial charge in [0.25, 0.3) is 10.2 Å². The van der Waals surface area contributed by atoms with Crippen LogP contribution in [0.1, 0.15) is 38.0 Å². The zero-order chi connectivity index (χ0) is 15.3. The Hall–Kier alpha value is -0.470. The van der Waals surface area contributed by atoms with Gasteiger partial charge in [0.15, 0.2) is 0 Å². The first-order chi connectivity index (χ1) is 9.99. The molecule has 2 N–H and O–H groups in total. The van der Waals surface area contributed by atoms with E-state index >= 15 is 0 Å². The first-order valence-corrected chi connectivity index (χ1v) is 9.83. The van der Waals surface area contributed by atoms with Gasteiger partial charge in [0.1, 0.15) is 0 Å². The third kappa shape index (κ3) is 5.03. The fraction of sp³-hybridized carbons (Fsp3) is 0.714. The summed E-state index contributed by atoms with van der Waals surface area (Å²) in [5.74, 6) is 0. The molecule has 1 unspecified atom stereocenters. The van der Waals surface area contributed by atoms with Gasteiger partial charge in [-0.3, -0.25) is 0 Å². The molecule has 1 aliphatic rings. The molecular formula is C14H25N3O2S2. The van der Waals surface area contributed by atoms with Gasteiger partial charge in [-0.15, -0.1) is 11.3 Å². The fourth-order valence-electron chi connectivity index (χ4n) is 2.52.